The highest BCUT2D eigenvalue weighted by Gasteiger charge is 2.22. The lowest BCUT2D eigenvalue weighted by Crippen LogP contribution is -2.26. The van der Waals surface area contributed by atoms with Crippen molar-refractivity contribution >= 4 is 29.0 Å². The van der Waals surface area contributed by atoms with E-state index in [1.807, 2.05) is 13.0 Å². The van der Waals surface area contributed by atoms with E-state index < -0.39 is 0 Å². The molecule has 0 saturated heterocycles. The molecule has 1 atom stereocenters. The Balaban J connectivity index is 1.99. The number of rotatable bonds is 5. The lowest BCUT2D eigenvalue weighted by molar-refractivity contribution is -0.115. The zero-order valence-corrected chi connectivity index (χ0v) is 11.6. The van der Waals surface area contributed by atoms with Gasteiger partial charge in [-0.25, -0.2) is 0 Å². The van der Waals surface area contributed by atoms with Gasteiger partial charge in [-0.2, -0.15) is 0 Å². The minimum absolute atomic E-state index is 0.00920. The number of benzene rings is 1. The van der Waals surface area contributed by atoms with Gasteiger partial charge in [0.25, 0.3) is 0 Å². The van der Waals surface area contributed by atoms with Crippen molar-refractivity contribution in [2.24, 2.45) is 0 Å². The van der Waals surface area contributed by atoms with Gasteiger partial charge in [0, 0.05) is 23.7 Å². The van der Waals surface area contributed by atoms with Crippen molar-refractivity contribution in [1.29, 1.82) is 0 Å². The van der Waals surface area contributed by atoms with Gasteiger partial charge < -0.3 is 16.0 Å². The lowest BCUT2D eigenvalue weighted by Gasteiger charge is -2.22. The number of hydrogen-bond donors (Lipinski definition) is 3. The molecule has 1 amide bonds. The minimum atomic E-state index is -0.00920. The number of carbonyl (C=O) groups is 1. The molecule has 2 rings (SSSR count). The third-order valence-electron chi connectivity index (χ3n) is 2.79. The highest BCUT2D eigenvalue weighted by atomic mass is 32.2. The molecule has 1 unspecified atom stereocenters. The predicted octanol–water partition coefficient (Wildman–Crippen LogP) is 2.14. The van der Waals surface area contributed by atoms with E-state index in [4.69, 9.17) is 0 Å². The molecule has 18 heavy (non-hydrogen) atoms. The van der Waals surface area contributed by atoms with Crippen LogP contribution in [0.4, 0.5) is 11.4 Å². The number of hydrogen-bond acceptors (Lipinski definition) is 4. The summed E-state index contributed by atoms with van der Waals surface area (Å²) < 4.78 is 0. The van der Waals surface area contributed by atoms with Crippen molar-refractivity contribution in [3.05, 3.63) is 18.2 Å². The van der Waals surface area contributed by atoms with Crippen LogP contribution in [-0.2, 0) is 4.79 Å². The second-order valence-electron chi connectivity index (χ2n) is 4.24. The molecule has 0 bridgehead atoms. The van der Waals surface area contributed by atoms with Crippen molar-refractivity contribution in [3.8, 4) is 0 Å². The second-order valence-corrected chi connectivity index (χ2v) is 5.62. The standard InChI is InChI=1S/C13H19N3OS/c1-3-14-6-7-15-10-4-5-12-11(8-10)16-13(17)9(2)18-12/h4-5,8-9,14-15H,3,6-7H2,1-2H3,(H,16,17). The molecule has 5 heteroatoms. The number of amides is 1. The molecular weight excluding hydrogens is 246 g/mol. The van der Waals surface area contributed by atoms with Gasteiger partial charge in [0.15, 0.2) is 0 Å². The second kappa shape index (κ2) is 6.11. The number of anilines is 2. The van der Waals surface area contributed by atoms with Crippen LogP contribution in [0.2, 0.25) is 0 Å². The molecule has 1 aromatic carbocycles. The summed E-state index contributed by atoms with van der Waals surface area (Å²) in [5, 5.41) is 9.52. The summed E-state index contributed by atoms with van der Waals surface area (Å²) in [7, 11) is 0. The van der Waals surface area contributed by atoms with Crippen LogP contribution in [0.3, 0.4) is 0 Å². The largest absolute Gasteiger partial charge is 0.384 e. The third kappa shape index (κ3) is 3.17. The van der Waals surface area contributed by atoms with Gasteiger partial charge in [-0.3, -0.25) is 4.79 Å². The molecule has 4 nitrogen and oxygen atoms in total. The average molecular weight is 265 g/mol. The zero-order chi connectivity index (χ0) is 13.0. The van der Waals surface area contributed by atoms with Crippen molar-refractivity contribution in [3.63, 3.8) is 0 Å². The Kier molecular flexibility index (Phi) is 4.49. The van der Waals surface area contributed by atoms with E-state index in [0.717, 1.165) is 35.9 Å². The fraction of sp³-hybridized carbons (Fsp3) is 0.462. The number of carbonyl (C=O) groups excluding carboxylic acids is 1. The third-order valence-corrected chi connectivity index (χ3v) is 3.97. The molecule has 3 N–H and O–H groups in total. The van der Waals surface area contributed by atoms with Crippen LogP contribution in [0.5, 0.6) is 0 Å². The summed E-state index contributed by atoms with van der Waals surface area (Å²) >= 11 is 1.61. The fourth-order valence-electron chi connectivity index (χ4n) is 1.79. The fourth-order valence-corrected chi connectivity index (χ4v) is 2.72. The average Bonchev–Trinajstić information content (AvgIpc) is 2.36. The first kappa shape index (κ1) is 13.2. The minimum Gasteiger partial charge on any atom is -0.384 e. The molecule has 0 saturated carbocycles. The van der Waals surface area contributed by atoms with Crippen molar-refractivity contribution in [1.82, 2.24) is 5.32 Å². The van der Waals surface area contributed by atoms with E-state index in [1.165, 1.54) is 0 Å². The molecule has 0 aliphatic carbocycles. The van der Waals surface area contributed by atoms with Crippen LogP contribution < -0.4 is 16.0 Å². The van der Waals surface area contributed by atoms with Crippen LogP contribution in [0.1, 0.15) is 13.8 Å². The van der Waals surface area contributed by atoms with E-state index in [1.54, 1.807) is 11.8 Å². The molecule has 0 radical (unpaired) electrons. The van der Waals surface area contributed by atoms with Crippen LogP contribution in [0, 0.1) is 0 Å². The maximum atomic E-state index is 11.6. The number of nitrogens with one attached hydrogen (secondary N) is 3. The van der Waals surface area contributed by atoms with Crippen molar-refractivity contribution < 1.29 is 4.79 Å². The number of fused-ring (bicyclic) bond motifs is 1. The van der Waals surface area contributed by atoms with Gasteiger partial charge in [-0.15, -0.1) is 11.8 Å². The van der Waals surface area contributed by atoms with E-state index in [2.05, 4.69) is 35.0 Å². The molecule has 1 aliphatic heterocycles. The molecule has 98 valence electrons. The van der Waals surface area contributed by atoms with Gasteiger partial charge in [-0.1, -0.05) is 6.92 Å². The molecule has 1 heterocycles. The molecular formula is C13H19N3OS. The van der Waals surface area contributed by atoms with E-state index >= 15 is 0 Å². The van der Waals surface area contributed by atoms with Crippen LogP contribution in [0.25, 0.3) is 0 Å². The summed E-state index contributed by atoms with van der Waals surface area (Å²) in [6.07, 6.45) is 0. The summed E-state index contributed by atoms with van der Waals surface area (Å²) in [5.74, 6) is 0.0808. The monoisotopic (exact) mass is 265 g/mol. The van der Waals surface area contributed by atoms with Gasteiger partial charge in [-0.05, 0) is 31.7 Å². The van der Waals surface area contributed by atoms with Gasteiger partial charge >= 0.3 is 0 Å². The van der Waals surface area contributed by atoms with Crippen LogP contribution >= 0.6 is 11.8 Å². The first-order chi connectivity index (χ1) is 8.70. The molecule has 1 aliphatic rings. The zero-order valence-electron chi connectivity index (χ0n) is 10.7. The molecule has 0 aromatic heterocycles. The Hall–Kier alpha value is -1.20. The van der Waals surface area contributed by atoms with Crippen molar-refractivity contribution in [2.45, 2.75) is 24.0 Å². The van der Waals surface area contributed by atoms with Crippen molar-refractivity contribution in [2.75, 3.05) is 30.3 Å². The van der Waals surface area contributed by atoms with E-state index in [9.17, 15) is 4.79 Å². The number of likely N-dealkylation sites (N-methyl/N-ethyl adjacent to an activating group) is 1. The highest BCUT2D eigenvalue weighted by Crippen LogP contribution is 2.36. The summed E-state index contributed by atoms with van der Waals surface area (Å²) in [6, 6.07) is 6.12. The van der Waals surface area contributed by atoms with Gasteiger partial charge in [0.05, 0.1) is 10.9 Å². The van der Waals surface area contributed by atoms with Gasteiger partial charge in [0.2, 0.25) is 5.91 Å². The number of thioether (sulfide) groups is 1. The molecule has 0 spiro atoms. The van der Waals surface area contributed by atoms with E-state index in [-0.39, 0.29) is 11.2 Å². The van der Waals surface area contributed by atoms with Crippen LogP contribution in [0.15, 0.2) is 23.1 Å². The normalized spacial score (nSPS) is 18.1. The smallest absolute Gasteiger partial charge is 0.237 e. The van der Waals surface area contributed by atoms with Crippen LogP contribution in [-0.4, -0.2) is 30.8 Å². The molecule has 1 aromatic rings. The Morgan fingerprint density at radius 1 is 1.39 bits per heavy atom. The summed E-state index contributed by atoms with van der Waals surface area (Å²) in [6.45, 7) is 6.81. The Morgan fingerprint density at radius 2 is 2.22 bits per heavy atom. The Labute approximate surface area is 112 Å². The predicted molar refractivity (Wildman–Crippen MR) is 77.4 cm³/mol. The lowest BCUT2D eigenvalue weighted by atomic mass is 10.2. The van der Waals surface area contributed by atoms with E-state index in [0.29, 0.717) is 0 Å². The maximum Gasteiger partial charge on any atom is 0.237 e. The summed E-state index contributed by atoms with van der Waals surface area (Å²) in [4.78, 5) is 12.7. The van der Waals surface area contributed by atoms with Gasteiger partial charge in [0.1, 0.15) is 0 Å². The first-order valence-electron chi connectivity index (χ1n) is 6.27. The highest BCUT2D eigenvalue weighted by molar-refractivity contribution is 8.00. The first-order valence-corrected chi connectivity index (χ1v) is 7.15. The topological polar surface area (TPSA) is 53.2 Å². The summed E-state index contributed by atoms with van der Waals surface area (Å²) in [5.41, 5.74) is 1.96. The Morgan fingerprint density at radius 3 is 3.00 bits per heavy atom. The SMILES string of the molecule is CCNCCNc1ccc2c(c1)NC(=O)C(C)S2. The Bertz CT molecular complexity index is 436. The maximum absolute atomic E-state index is 11.6. The molecule has 0 fully saturated rings. The quantitative estimate of drug-likeness (QED) is 0.714.